The third kappa shape index (κ3) is 2.77. The van der Waals surface area contributed by atoms with E-state index >= 15 is 0 Å². The summed E-state index contributed by atoms with van der Waals surface area (Å²) in [6.07, 6.45) is 3.64. The molecule has 1 N–H and O–H groups in total. The molecule has 0 unspecified atom stereocenters. The quantitative estimate of drug-likeness (QED) is 0.715. The lowest BCUT2D eigenvalue weighted by molar-refractivity contribution is -0.0434. The molecule has 0 bridgehead atoms. The molecule has 146 valence electrons. The summed E-state index contributed by atoms with van der Waals surface area (Å²) < 4.78 is 11.9. The second-order valence-electron chi connectivity index (χ2n) is 7.86. The van der Waals surface area contributed by atoms with Crippen LogP contribution in [-0.2, 0) is 10.3 Å². The maximum absolute atomic E-state index is 13.0. The van der Waals surface area contributed by atoms with Crippen molar-refractivity contribution in [3.63, 3.8) is 0 Å². The molecule has 4 heterocycles. The highest BCUT2D eigenvalue weighted by Crippen LogP contribution is 2.45. The van der Waals surface area contributed by atoms with E-state index in [1.165, 1.54) is 11.3 Å². The fourth-order valence-electron chi connectivity index (χ4n) is 4.46. The van der Waals surface area contributed by atoms with E-state index in [0.29, 0.717) is 43.1 Å². The number of aromatic nitrogens is 1. The van der Waals surface area contributed by atoms with Crippen molar-refractivity contribution in [3.05, 3.63) is 52.2 Å². The van der Waals surface area contributed by atoms with Gasteiger partial charge in [0.05, 0.1) is 12.2 Å². The molecule has 1 spiro atoms. The first-order valence-corrected chi connectivity index (χ1v) is 10.4. The molecule has 5 rings (SSSR count). The Hall–Kier alpha value is -2.22. The molecular formula is C21H22N2O4S. The Morgan fingerprint density at radius 1 is 1.29 bits per heavy atom. The minimum absolute atomic E-state index is 0.0725. The van der Waals surface area contributed by atoms with Gasteiger partial charge in [-0.2, -0.15) is 0 Å². The minimum atomic E-state index is -1.02. The molecule has 0 radical (unpaired) electrons. The monoisotopic (exact) mass is 398 g/mol. The van der Waals surface area contributed by atoms with Crippen LogP contribution < -0.4 is 0 Å². The lowest BCUT2D eigenvalue weighted by Gasteiger charge is -2.38. The summed E-state index contributed by atoms with van der Waals surface area (Å²) in [5, 5.41) is 14.5. The van der Waals surface area contributed by atoms with E-state index in [0.717, 1.165) is 16.5 Å². The normalized spacial score (nSPS) is 24.3. The molecule has 28 heavy (non-hydrogen) atoms. The second kappa shape index (κ2) is 6.40. The number of aryl methyl sites for hydroxylation is 1. The minimum Gasteiger partial charge on any atom is -0.451 e. The molecule has 0 saturated carbocycles. The van der Waals surface area contributed by atoms with Crippen LogP contribution in [-0.4, -0.2) is 46.2 Å². The van der Waals surface area contributed by atoms with Gasteiger partial charge in [-0.05, 0) is 25.8 Å². The van der Waals surface area contributed by atoms with E-state index in [9.17, 15) is 9.90 Å². The van der Waals surface area contributed by atoms with Gasteiger partial charge in [0.2, 0.25) is 0 Å². The Balaban J connectivity index is 1.31. The van der Waals surface area contributed by atoms with Crippen LogP contribution in [0.25, 0.3) is 11.0 Å². The molecule has 2 fully saturated rings. The number of aliphatic hydroxyl groups is 1. The number of hydrogen-bond donors (Lipinski definition) is 1. The maximum Gasteiger partial charge on any atom is 0.289 e. The van der Waals surface area contributed by atoms with Crippen molar-refractivity contribution in [2.45, 2.75) is 37.4 Å². The number of thiazole rings is 1. The van der Waals surface area contributed by atoms with Crippen molar-refractivity contribution < 1.29 is 19.1 Å². The number of para-hydroxylation sites is 1. The Labute approximate surface area is 166 Å². The summed E-state index contributed by atoms with van der Waals surface area (Å²) in [7, 11) is 0. The lowest BCUT2D eigenvalue weighted by Crippen LogP contribution is -2.47. The highest BCUT2D eigenvalue weighted by molar-refractivity contribution is 7.09. The Kier molecular flexibility index (Phi) is 4.08. The number of carbonyl (C=O) groups is 1. The molecule has 3 aromatic rings. The molecule has 2 aliphatic rings. The SMILES string of the molecule is Cc1c(C(=O)N2CCC3(CC2)C[C@](O)(c2nccs2)CO3)oc2ccccc12. The molecule has 2 saturated heterocycles. The van der Waals surface area contributed by atoms with Gasteiger partial charge in [0.1, 0.15) is 16.2 Å². The molecule has 1 atom stereocenters. The number of amides is 1. The number of piperidine rings is 1. The van der Waals surface area contributed by atoms with Crippen LogP contribution in [0.1, 0.15) is 40.4 Å². The van der Waals surface area contributed by atoms with Gasteiger partial charge in [0.15, 0.2) is 5.76 Å². The standard InChI is InChI=1S/C21H22N2O4S/c1-14-15-4-2-3-5-16(15)27-17(14)18(24)23-9-6-20(7-10-23)12-21(25,13-26-20)19-22-8-11-28-19/h2-5,8,11,25H,6-7,9-10,12-13H2,1H3/t21-/m1/s1. The molecule has 0 aliphatic carbocycles. The molecular weight excluding hydrogens is 376 g/mol. The van der Waals surface area contributed by atoms with Crippen LogP contribution in [0.2, 0.25) is 0 Å². The molecule has 1 amide bonds. The second-order valence-corrected chi connectivity index (χ2v) is 8.76. The van der Waals surface area contributed by atoms with Crippen molar-refractivity contribution in [3.8, 4) is 0 Å². The largest absolute Gasteiger partial charge is 0.451 e. The van der Waals surface area contributed by atoms with E-state index in [4.69, 9.17) is 9.15 Å². The number of ether oxygens (including phenoxy) is 1. The Bertz CT molecular complexity index is 1020. The van der Waals surface area contributed by atoms with Crippen LogP contribution in [0.4, 0.5) is 0 Å². The topological polar surface area (TPSA) is 75.8 Å². The average molecular weight is 398 g/mol. The van der Waals surface area contributed by atoms with Crippen molar-refractivity contribution in [1.29, 1.82) is 0 Å². The van der Waals surface area contributed by atoms with Crippen LogP contribution in [0.5, 0.6) is 0 Å². The van der Waals surface area contributed by atoms with Crippen molar-refractivity contribution >= 4 is 28.2 Å². The van der Waals surface area contributed by atoms with Crippen LogP contribution in [0.15, 0.2) is 40.3 Å². The number of fused-ring (bicyclic) bond motifs is 1. The summed E-state index contributed by atoms with van der Waals surface area (Å²) in [5.74, 6) is 0.348. The van der Waals surface area contributed by atoms with Gasteiger partial charge in [-0.25, -0.2) is 4.98 Å². The van der Waals surface area contributed by atoms with Crippen molar-refractivity contribution in [2.75, 3.05) is 19.7 Å². The molecule has 2 aliphatic heterocycles. The molecule has 6 nitrogen and oxygen atoms in total. The van der Waals surface area contributed by atoms with Gasteiger partial charge >= 0.3 is 0 Å². The third-order valence-electron chi connectivity index (χ3n) is 6.06. The molecule has 1 aromatic carbocycles. The lowest BCUT2D eigenvalue weighted by atomic mass is 9.83. The maximum atomic E-state index is 13.0. The molecule has 7 heteroatoms. The number of nitrogens with zero attached hydrogens (tertiary/aromatic N) is 2. The smallest absolute Gasteiger partial charge is 0.289 e. The van der Waals surface area contributed by atoms with Crippen LogP contribution in [0, 0.1) is 6.92 Å². The third-order valence-corrected chi connectivity index (χ3v) is 7.03. The predicted molar refractivity (Wildman–Crippen MR) is 105 cm³/mol. The fourth-order valence-corrected chi connectivity index (χ4v) is 5.18. The Morgan fingerprint density at radius 3 is 2.79 bits per heavy atom. The van der Waals surface area contributed by atoms with Crippen LogP contribution >= 0.6 is 11.3 Å². The van der Waals surface area contributed by atoms with Crippen LogP contribution in [0.3, 0.4) is 0 Å². The van der Waals surface area contributed by atoms with Crippen molar-refractivity contribution in [1.82, 2.24) is 9.88 Å². The van der Waals surface area contributed by atoms with Gasteiger partial charge in [0.25, 0.3) is 5.91 Å². The number of benzene rings is 1. The number of rotatable bonds is 2. The number of furan rings is 1. The predicted octanol–water partition coefficient (Wildman–Crippen LogP) is 3.48. The summed E-state index contributed by atoms with van der Waals surface area (Å²) in [5.41, 5.74) is 0.219. The first-order chi connectivity index (χ1) is 13.5. The van der Waals surface area contributed by atoms with Gasteiger partial charge in [-0.3, -0.25) is 4.79 Å². The van der Waals surface area contributed by atoms with E-state index in [1.54, 1.807) is 6.20 Å². The number of carbonyl (C=O) groups excluding carboxylic acids is 1. The summed E-state index contributed by atoms with van der Waals surface area (Å²) in [6, 6.07) is 7.72. The zero-order valence-corrected chi connectivity index (χ0v) is 16.5. The van der Waals surface area contributed by atoms with Crippen molar-refractivity contribution in [2.24, 2.45) is 0 Å². The van der Waals surface area contributed by atoms with Gasteiger partial charge < -0.3 is 19.2 Å². The van der Waals surface area contributed by atoms with E-state index < -0.39 is 5.60 Å². The first-order valence-electron chi connectivity index (χ1n) is 9.53. The summed E-state index contributed by atoms with van der Waals surface area (Å²) in [4.78, 5) is 19.1. The van der Waals surface area contributed by atoms with Gasteiger partial charge in [-0.1, -0.05) is 18.2 Å². The van der Waals surface area contributed by atoms with E-state index in [1.807, 2.05) is 41.5 Å². The highest BCUT2D eigenvalue weighted by Gasteiger charge is 2.52. The zero-order valence-electron chi connectivity index (χ0n) is 15.7. The average Bonchev–Trinajstić information content (AvgIpc) is 3.43. The zero-order chi connectivity index (χ0) is 19.4. The molecule has 2 aromatic heterocycles. The van der Waals surface area contributed by atoms with Gasteiger partial charge in [-0.15, -0.1) is 11.3 Å². The highest BCUT2D eigenvalue weighted by atomic mass is 32.1. The summed E-state index contributed by atoms with van der Waals surface area (Å²) >= 11 is 1.45. The van der Waals surface area contributed by atoms with E-state index in [-0.39, 0.29) is 18.1 Å². The summed E-state index contributed by atoms with van der Waals surface area (Å²) in [6.45, 7) is 3.36. The fraction of sp³-hybridized carbons (Fsp3) is 0.429. The van der Waals surface area contributed by atoms with Gasteiger partial charge in [0, 0.05) is 42.0 Å². The first kappa shape index (κ1) is 17.8. The number of hydrogen-bond acceptors (Lipinski definition) is 6. The van der Waals surface area contributed by atoms with E-state index in [2.05, 4.69) is 4.98 Å². The number of likely N-dealkylation sites (tertiary alicyclic amines) is 1. The Morgan fingerprint density at radius 2 is 2.07 bits per heavy atom.